The third kappa shape index (κ3) is 12.4. The van der Waals surface area contributed by atoms with Crippen LogP contribution in [0.25, 0.3) is 0 Å². The van der Waals surface area contributed by atoms with Gasteiger partial charge in [0, 0.05) is 52.0 Å². The first kappa shape index (κ1) is 50.7. The van der Waals surface area contributed by atoms with Crippen LogP contribution < -0.4 is 5.32 Å². The Morgan fingerprint density at radius 2 is 1.64 bits per heavy atom. The monoisotopic (exact) mass is 878 g/mol. The van der Waals surface area contributed by atoms with Gasteiger partial charge < -0.3 is 44.1 Å². The van der Waals surface area contributed by atoms with Crippen molar-refractivity contribution in [3.05, 3.63) is 36.0 Å². The molecule has 0 radical (unpaired) electrons. The van der Waals surface area contributed by atoms with Crippen LogP contribution in [-0.2, 0) is 47.7 Å². The zero-order chi connectivity index (χ0) is 45.2. The second kappa shape index (κ2) is 23.1. The lowest BCUT2D eigenvalue weighted by molar-refractivity contribution is -0.242. The molecule has 3 heterocycles. The summed E-state index contributed by atoms with van der Waals surface area (Å²) in [5, 5.41) is 24.9. The fourth-order valence-corrected chi connectivity index (χ4v) is 9.96. The quantitative estimate of drug-likeness (QED) is 0.122. The number of cyclic esters (lactones) is 1. The Kier molecular flexibility index (Phi) is 19.2. The molecule has 4 aliphatic rings. The molecule has 3 fully saturated rings. The van der Waals surface area contributed by atoms with Gasteiger partial charge in [-0.3, -0.25) is 19.2 Å². The van der Waals surface area contributed by atoms with Gasteiger partial charge in [-0.25, -0.2) is 4.79 Å². The van der Waals surface area contributed by atoms with Crippen LogP contribution in [0.5, 0.6) is 0 Å². The molecule has 2 bridgehead atoms. The van der Waals surface area contributed by atoms with E-state index in [-0.39, 0.29) is 49.5 Å². The third-order valence-corrected chi connectivity index (χ3v) is 13.6. The van der Waals surface area contributed by atoms with E-state index in [1.54, 1.807) is 34.0 Å². The predicted molar refractivity (Wildman–Crippen MR) is 229 cm³/mol. The summed E-state index contributed by atoms with van der Waals surface area (Å²) in [6.45, 7) is 13.2. The van der Waals surface area contributed by atoms with Crippen molar-refractivity contribution in [1.29, 1.82) is 0 Å². The van der Waals surface area contributed by atoms with E-state index in [9.17, 15) is 34.2 Å². The SMILES string of the molecule is C=CC[C@@H]1/C=C(\C)C[C@H](C)C[C@H](OC)[C@H]2O[C@@](NC(=O)CCl)(C(=O)C(=O)N3CCCC[C@H]3C(=O)O[C@H](/C(C)=C/[C@@H]3CC[C@@H](O)[C@H](OC)C3)[C@H](C)[C@@H](O)CC1=O)[C@H](C)C[C@@H]2OC. The first-order valence-corrected chi connectivity index (χ1v) is 22.5. The summed E-state index contributed by atoms with van der Waals surface area (Å²) in [6.07, 6.45) is 4.56. The Labute approximate surface area is 367 Å². The molecule has 3 N–H and O–H groups in total. The third-order valence-electron chi connectivity index (χ3n) is 13.4. The van der Waals surface area contributed by atoms with Crippen molar-refractivity contribution in [3.63, 3.8) is 0 Å². The van der Waals surface area contributed by atoms with Crippen molar-refractivity contribution in [2.75, 3.05) is 33.8 Å². The predicted octanol–water partition coefficient (Wildman–Crippen LogP) is 5.00. The van der Waals surface area contributed by atoms with Gasteiger partial charge in [-0.15, -0.1) is 18.2 Å². The lowest BCUT2D eigenvalue weighted by Crippen LogP contribution is -2.71. The van der Waals surface area contributed by atoms with Gasteiger partial charge in [0.2, 0.25) is 11.6 Å². The zero-order valence-corrected chi connectivity index (χ0v) is 38.2. The standard InChI is InChI=1S/C46H71ClN2O12/c1-10-13-32-19-26(2)18-27(3)20-38(58-8)42-39(59-9)22-29(5)46(61-42,48-40(53)25-47)43(54)44(55)49-17-12-11-14-33(49)45(56)60-41(30(6)35(51)24-36(32)52)28(4)21-31-15-16-34(50)37(23-31)57-7/h10,19,21,27,29-35,37-39,41-42,50-51H,1,11-18,20,22-25H2,2-9H3,(H,48,53)/b26-19+,28-21+/t27-,29+,30+,31-,32+,33-,34+,35-,37+,38-,39-,41+,42+,46+/m0/s1. The fraction of sp³-hybridized carbons (Fsp3) is 0.761. The molecule has 0 aromatic rings. The van der Waals surface area contributed by atoms with E-state index >= 15 is 0 Å². The molecule has 1 aliphatic carbocycles. The average molecular weight is 880 g/mol. The number of nitrogens with zero attached hydrogens (tertiary/aromatic N) is 1. The van der Waals surface area contributed by atoms with Crippen LogP contribution in [0.2, 0.25) is 0 Å². The number of aliphatic hydroxyl groups is 2. The number of methoxy groups -OCH3 is 3. The number of allylic oxidation sites excluding steroid dienone is 4. The maximum Gasteiger partial charge on any atom is 0.329 e. The molecule has 4 rings (SSSR count). The Hall–Kier alpha value is -2.98. The number of rotatable bonds is 9. The maximum absolute atomic E-state index is 14.9. The number of carbonyl (C=O) groups is 5. The van der Waals surface area contributed by atoms with Gasteiger partial charge in [0.1, 0.15) is 29.9 Å². The van der Waals surface area contributed by atoms with Crippen LogP contribution in [0.3, 0.4) is 0 Å². The van der Waals surface area contributed by atoms with E-state index in [4.69, 9.17) is 35.3 Å². The second-order valence-electron chi connectivity index (χ2n) is 18.0. The number of ether oxygens (including phenoxy) is 5. The van der Waals surface area contributed by atoms with Gasteiger partial charge in [-0.2, -0.15) is 0 Å². The first-order chi connectivity index (χ1) is 28.9. The number of hydrogen-bond donors (Lipinski definition) is 3. The minimum Gasteiger partial charge on any atom is -0.456 e. The Morgan fingerprint density at radius 1 is 0.967 bits per heavy atom. The average Bonchev–Trinajstić information content (AvgIpc) is 3.24. The van der Waals surface area contributed by atoms with Gasteiger partial charge in [0.25, 0.3) is 11.7 Å². The molecule has 0 spiro atoms. The van der Waals surface area contributed by atoms with Crippen molar-refractivity contribution < 1.29 is 57.9 Å². The lowest BCUT2D eigenvalue weighted by Gasteiger charge is -2.49. The maximum atomic E-state index is 14.9. The van der Waals surface area contributed by atoms with Crippen LogP contribution in [0, 0.1) is 29.6 Å². The minimum atomic E-state index is -2.17. The molecule has 15 heteroatoms. The van der Waals surface area contributed by atoms with Crippen LogP contribution in [0.15, 0.2) is 36.0 Å². The molecule has 0 aromatic heterocycles. The normalized spacial score (nSPS) is 38.9. The van der Waals surface area contributed by atoms with E-state index in [2.05, 4.69) is 11.9 Å². The van der Waals surface area contributed by atoms with Gasteiger partial charge in [-0.1, -0.05) is 44.6 Å². The molecule has 3 aliphatic heterocycles. The number of carbonyl (C=O) groups excluding carboxylic acids is 5. The fourth-order valence-electron chi connectivity index (χ4n) is 9.89. The van der Waals surface area contributed by atoms with Gasteiger partial charge in [-0.05, 0) is 95.5 Å². The Bertz CT molecular complexity index is 1620. The van der Waals surface area contributed by atoms with E-state index in [0.29, 0.717) is 56.9 Å². The van der Waals surface area contributed by atoms with Crippen molar-refractivity contribution in [3.8, 4) is 0 Å². The zero-order valence-electron chi connectivity index (χ0n) is 37.4. The summed E-state index contributed by atoms with van der Waals surface area (Å²) in [6, 6.07) is -1.18. The highest BCUT2D eigenvalue weighted by Gasteiger charge is 2.58. The molecular formula is C46H71ClN2O12. The smallest absolute Gasteiger partial charge is 0.329 e. The number of hydrogen-bond acceptors (Lipinski definition) is 12. The van der Waals surface area contributed by atoms with Crippen LogP contribution >= 0.6 is 11.6 Å². The minimum absolute atomic E-state index is 0.0237. The van der Waals surface area contributed by atoms with E-state index < -0.39 is 95.6 Å². The van der Waals surface area contributed by atoms with Gasteiger partial charge >= 0.3 is 5.97 Å². The molecule has 2 saturated heterocycles. The summed E-state index contributed by atoms with van der Waals surface area (Å²) in [5.41, 5.74) is -0.593. The summed E-state index contributed by atoms with van der Waals surface area (Å²) in [4.78, 5) is 72.4. The molecule has 2 amide bonds. The Morgan fingerprint density at radius 3 is 2.28 bits per heavy atom. The number of alkyl halides is 1. The van der Waals surface area contributed by atoms with Crippen molar-refractivity contribution in [2.24, 2.45) is 29.6 Å². The van der Waals surface area contributed by atoms with E-state index in [1.807, 2.05) is 26.0 Å². The summed E-state index contributed by atoms with van der Waals surface area (Å²) in [5.74, 6) is -6.41. The number of piperidine rings is 1. The molecule has 14 nitrogen and oxygen atoms in total. The molecular weight excluding hydrogens is 808 g/mol. The van der Waals surface area contributed by atoms with Crippen molar-refractivity contribution in [2.45, 2.75) is 160 Å². The van der Waals surface area contributed by atoms with Gasteiger partial charge in [0.05, 0.1) is 30.5 Å². The van der Waals surface area contributed by atoms with E-state index in [1.165, 1.54) is 19.1 Å². The summed E-state index contributed by atoms with van der Waals surface area (Å²) < 4.78 is 30.5. The number of fused-ring (bicyclic) bond motifs is 3. The Balaban J connectivity index is 1.85. The lowest BCUT2D eigenvalue weighted by atomic mass is 9.80. The number of aliphatic hydroxyl groups excluding tert-OH is 2. The first-order valence-electron chi connectivity index (χ1n) is 22.0. The molecule has 1 saturated carbocycles. The van der Waals surface area contributed by atoms with Gasteiger partial charge in [0.15, 0.2) is 0 Å². The number of ketones is 2. The highest BCUT2D eigenvalue weighted by atomic mass is 35.5. The topological polar surface area (TPSA) is 187 Å². The second-order valence-corrected chi connectivity index (χ2v) is 18.3. The molecule has 14 atom stereocenters. The summed E-state index contributed by atoms with van der Waals surface area (Å²) in [7, 11) is 4.61. The molecule has 344 valence electrons. The number of amides is 2. The largest absolute Gasteiger partial charge is 0.456 e. The number of halogens is 1. The van der Waals surface area contributed by atoms with E-state index in [0.717, 1.165) is 5.57 Å². The molecule has 61 heavy (non-hydrogen) atoms. The van der Waals surface area contributed by atoms with Crippen molar-refractivity contribution >= 4 is 41.0 Å². The number of nitrogens with one attached hydrogen (secondary N) is 1. The van der Waals surface area contributed by atoms with Crippen molar-refractivity contribution in [1.82, 2.24) is 10.2 Å². The number of esters is 1. The molecule has 0 aromatic carbocycles. The summed E-state index contributed by atoms with van der Waals surface area (Å²) >= 11 is 5.99. The van der Waals surface area contributed by atoms with Crippen LogP contribution in [0.4, 0.5) is 0 Å². The highest BCUT2D eigenvalue weighted by Crippen LogP contribution is 2.39. The number of Topliss-reactive ketones (excluding diaryl/α,β-unsaturated/α-hetero) is 2. The highest BCUT2D eigenvalue weighted by molar-refractivity contribution is 6.40. The molecule has 0 unspecified atom stereocenters. The van der Waals surface area contributed by atoms with Crippen LogP contribution in [0.1, 0.15) is 105 Å². The van der Waals surface area contributed by atoms with Crippen LogP contribution in [-0.4, -0.2) is 133 Å².